The van der Waals surface area contributed by atoms with Gasteiger partial charge in [-0.05, 0) is 43.5 Å². The lowest BCUT2D eigenvalue weighted by Crippen LogP contribution is -2.43. The maximum atomic E-state index is 12.1. The third kappa shape index (κ3) is 3.07. The van der Waals surface area contributed by atoms with Crippen molar-refractivity contribution in [2.45, 2.75) is 25.8 Å². The summed E-state index contributed by atoms with van der Waals surface area (Å²) in [6.07, 6.45) is 2.56. The molecule has 1 aromatic rings. The Labute approximate surface area is 124 Å². The monoisotopic (exact) mass is 294 g/mol. The molecule has 4 nitrogen and oxygen atoms in total. The van der Waals surface area contributed by atoms with E-state index in [4.69, 9.17) is 16.3 Å². The van der Waals surface area contributed by atoms with Gasteiger partial charge in [-0.2, -0.15) is 0 Å². The van der Waals surface area contributed by atoms with Gasteiger partial charge in [0.05, 0.1) is 5.69 Å². The molecule has 1 fully saturated rings. The van der Waals surface area contributed by atoms with E-state index in [1.165, 1.54) is 12.8 Å². The molecule has 1 saturated carbocycles. The van der Waals surface area contributed by atoms with Crippen molar-refractivity contribution in [3.8, 4) is 5.75 Å². The fourth-order valence-corrected chi connectivity index (χ4v) is 2.57. The second-order valence-corrected chi connectivity index (χ2v) is 6.13. The lowest BCUT2D eigenvalue weighted by Gasteiger charge is -2.31. The van der Waals surface area contributed by atoms with E-state index in [-0.39, 0.29) is 12.5 Å². The van der Waals surface area contributed by atoms with Gasteiger partial charge in [0.25, 0.3) is 5.91 Å². The molecule has 1 aromatic carbocycles. The first-order chi connectivity index (χ1) is 9.63. The standard InChI is InChI=1S/C15H19ClN2O2/c1-10(7-17-12-3-4-12)8-18-13-6-11(16)2-5-14(13)20-9-15(18)19/h2,5-6,10,12,17H,3-4,7-9H2,1H3. The SMILES string of the molecule is CC(CNC1CC1)CN1C(=O)COc2ccc(Cl)cc21. The van der Waals surface area contributed by atoms with Crippen molar-refractivity contribution in [3.05, 3.63) is 23.2 Å². The van der Waals surface area contributed by atoms with Crippen LogP contribution in [-0.2, 0) is 4.79 Å². The molecule has 0 saturated heterocycles. The molecule has 1 heterocycles. The van der Waals surface area contributed by atoms with Crippen LogP contribution in [0.2, 0.25) is 5.02 Å². The van der Waals surface area contributed by atoms with E-state index in [2.05, 4.69) is 12.2 Å². The molecule has 0 spiro atoms. The summed E-state index contributed by atoms with van der Waals surface area (Å²) in [4.78, 5) is 13.9. The molecule has 1 aliphatic carbocycles. The number of carbonyl (C=O) groups is 1. The zero-order valence-electron chi connectivity index (χ0n) is 11.6. The molecule has 3 rings (SSSR count). The van der Waals surface area contributed by atoms with Gasteiger partial charge in [0.2, 0.25) is 0 Å². The van der Waals surface area contributed by atoms with Crippen molar-refractivity contribution in [2.75, 3.05) is 24.6 Å². The zero-order valence-corrected chi connectivity index (χ0v) is 12.3. The average molecular weight is 295 g/mol. The molecule has 0 aromatic heterocycles. The van der Waals surface area contributed by atoms with Gasteiger partial charge in [-0.25, -0.2) is 0 Å². The number of amides is 1. The molecule has 5 heteroatoms. The number of halogens is 1. The largest absolute Gasteiger partial charge is 0.482 e. The highest BCUT2D eigenvalue weighted by atomic mass is 35.5. The summed E-state index contributed by atoms with van der Waals surface area (Å²) < 4.78 is 5.45. The molecule has 1 aliphatic heterocycles. The van der Waals surface area contributed by atoms with E-state index < -0.39 is 0 Å². The van der Waals surface area contributed by atoms with Crippen LogP contribution < -0.4 is 15.0 Å². The first-order valence-corrected chi connectivity index (χ1v) is 7.47. The number of nitrogens with zero attached hydrogens (tertiary/aromatic N) is 1. The van der Waals surface area contributed by atoms with Gasteiger partial charge < -0.3 is 15.0 Å². The number of anilines is 1. The predicted octanol–water partition coefficient (Wildman–Crippen LogP) is 2.45. The molecule has 108 valence electrons. The first kappa shape index (κ1) is 13.7. The Balaban J connectivity index is 1.70. The highest BCUT2D eigenvalue weighted by molar-refractivity contribution is 6.31. The quantitative estimate of drug-likeness (QED) is 0.907. The Morgan fingerprint density at radius 2 is 2.30 bits per heavy atom. The molecule has 0 bridgehead atoms. The van der Waals surface area contributed by atoms with Gasteiger partial charge in [-0.15, -0.1) is 0 Å². The van der Waals surface area contributed by atoms with Crippen molar-refractivity contribution in [3.63, 3.8) is 0 Å². The fourth-order valence-electron chi connectivity index (χ4n) is 2.41. The summed E-state index contributed by atoms with van der Waals surface area (Å²) in [6.45, 7) is 3.89. The third-order valence-corrected chi connectivity index (χ3v) is 3.93. The number of fused-ring (bicyclic) bond motifs is 1. The minimum Gasteiger partial charge on any atom is -0.482 e. The molecular weight excluding hydrogens is 276 g/mol. The average Bonchev–Trinajstić information content (AvgIpc) is 3.24. The van der Waals surface area contributed by atoms with Crippen molar-refractivity contribution in [1.82, 2.24) is 5.32 Å². The van der Waals surface area contributed by atoms with Crippen LogP contribution in [0.5, 0.6) is 5.75 Å². The van der Waals surface area contributed by atoms with E-state index in [0.29, 0.717) is 23.5 Å². The molecule has 0 radical (unpaired) electrons. The number of ether oxygens (including phenoxy) is 1. The molecule has 1 unspecified atom stereocenters. The maximum Gasteiger partial charge on any atom is 0.265 e. The van der Waals surface area contributed by atoms with Crippen LogP contribution in [0, 0.1) is 5.92 Å². The van der Waals surface area contributed by atoms with Crippen LogP contribution >= 0.6 is 11.6 Å². The number of nitrogens with one attached hydrogen (secondary N) is 1. The molecule has 1 N–H and O–H groups in total. The van der Waals surface area contributed by atoms with Gasteiger partial charge in [0.1, 0.15) is 5.75 Å². The lowest BCUT2D eigenvalue weighted by atomic mass is 10.1. The predicted molar refractivity (Wildman–Crippen MR) is 79.5 cm³/mol. The maximum absolute atomic E-state index is 12.1. The molecule has 2 aliphatic rings. The van der Waals surface area contributed by atoms with E-state index in [1.807, 2.05) is 6.07 Å². The fraction of sp³-hybridized carbons (Fsp3) is 0.533. The lowest BCUT2D eigenvalue weighted by molar-refractivity contribution is -0.121. The molecular formula is C15H19ClN2O2. The van der Waals surface area contributed by atoms with Crippen LogP contribution in [0.25, 0.3) is 0 Å². The Morgan fingerprint density at radius 1 is 1.50 bits per heavy atom. The highest BCUT2D eigenvalue weighted by Gasteiger charge is 2.28. The van der Waals surface area contributed by atoms with Crippen LogP contribution in [0.1, 0.15) is 19.8 Å². The second-order valence-electron chi connectivity index (χ2n) is 5.69. The Kier molecular flexibility index (Phi) is 3.85. The van der Waals surface area contributed by atoms with Crippen molar-refractivity contribution in [2.24, 2.45) is 5.92 Å². The van der Waals surface area contributed by atoms with Crippen molar-refractivity contribution >= 4 is 23.2 Å². The number of hydrogen-bond donors (Lipinski definition) is 1. The van der Waals surface area contributed by atoms with Gasteiger partial charge in [0.15, 0.2) is 6.61 Å². The highest BCUT2D eigenvalue weighted by Crippen LogP contribution is 2.34. The molecule has 1 atom stereocenters. The van der Waals surface area contributed by atoms with Crippen LogP contribution in [-0.4, -0.2) is 31.6 Å². The van der Waals surface area contributed by atoms with Gasteiger partial charge in [-0.1, -0.05) is 18.5 Å². The number of carbonyl (C=O) groups excluding carboxylic acids is 1. The van der Waals surface area contributed by atoms with Crippen molar-refractivity contribution < 1.29 is 9.53 Å². The first-order valence-electron chi connectivity index (χ1n) is 7.09. The van der Waals surface area contributed by atoms with Gasteiger partial charge in [0, 0.05) is 17.6 Å². The number of benzene rings is 1. The minimum absolute atomic E-state index is 0.00182. The van der Waals surface area contributed by atoms with E-state index in [0.717, 1.165) is 18.0 Å². The summed E-state index contributed by atoms with van der Waals surface area (Å²) in [5, 5.41) is 4.12. The Morgan fingerprint density at radius 3 is 3.05 bits per heavy atom. The smallest absolute Gasteiger partial charge is 0.265 e. The van der Waals surface area contributed by atoms with E-state index in [9.17, 15) is 4.79 Å². The van der Waals surface area contributed by atoms with Crippen molar-refractivity contribution in [1.29, 1.82) is 0 Å². The summed E-state index contributed by atoms with van der Waals surface area (Å²) in [7, 11) is 0. The Hall–Kier alpha value is -1.26. The van der Waals surface area contributed by atoms with Crippen LogP contribution in [0.4, 0.5) is 5.69 Å². The summed E-state index contributed by atoms with van der Waals surface area (Å²) in [6, 6.07) is 6.10. The second kappa shape index (κ2) is 5.62. The minimum atomic E-state index is -0.00182. The normalized spacial score (nSPS) is 19.5. The summed E-state index contributed by atoms with van der Waals surface area (Å²) in [5.41, 5.74) is 0.784. The number of rotatable bonds is 5. The van der Waals surface area contributed by atoms with E-state index in [1.54, 1.807) is 17.0 Å². The number of hydrogen-bond acceptors (Lipinski definition) is 3. The van der Waals surface area contributed by atoms with Gasteiger partial charge in [-0.3, -0.25) is 4.79 Å². The van der Waals surface area contributed by atoms with Crippen LogP contribution in [0.15, 0.2) is 18.2 Å². The molecule has 1 amide bonds. The molecule has 20 heavy (non-hydrogen) atoms. The summed E-state index contributed by atoms with van der Waals surface area (Å²) in [5.74, 6) is 1.12. The topological polar surface area (TPSA) is 41.6 Å². The van der Waals surface area contributed by atoms with Crippen LogP contribution in [0.3, 0.4) is 0 Å². The summed E-state index contributed by atoms with van der Waals surface area (Å²) >= 11 is 6.03. The zero-order chi connectivity index (χ0) is 14.1. The third-order valence-electron chi connectivity index (χ3n) is 3.69. The van der Waals surface area contributed by atoms with Gasteiger partial charge >= 0.3 is 0 Å². The van der Waals surface area contributed by atoms with E-state index >= 15 is 0 Å². The Bertz CT molecular complexity index is 517.